The van der Waals surface area contributed by atoms with Crippen LogP contribution in [0.25, 0.3) is 0 Å². The number of hydrogen-bond acceptors (Lipinski definition) is 7. The van der Waals surface area contributed by atoms with Gasteiger partial charge in [-0.05, 0) is 13.3 Å². The summed E-state index contributed by atoms with van der Waals surface area (Å²) in [5, 5.41) is 10.3. The molecule has 0 atom stereocenters. The maximum Gasteiger partial charge on any atom is 0.323 e. The first-order chi connectivity index (χ1) is 9.71. The lowest BCUT2D eigenvalue weighted by Gasteiger charge is -2.08. The van der Waals surface area contributed by atoms with Gasteiger partial charge in [-0.1, -0.05) is 6.92 Å². The number of rotatable bonds is 7. The third-order valence-electron chi connectivity index (χ3n) is 2.34. The molecule has 2 aromatic rings. The van der Waals surface area contributed by atoms with Gasteiger partial charge in [-0.3, -0.25) is 4.68 Å². The fraction of sp³-hybridized carbons (Fsp3) is 0.500. The van der Waals surface area contributed by atoms with Crippen LogP contribution in [0.1, 0.15) is 20.3 Å². The van der Waals surface area contributed by atoms with Crippen molar-refractivity contribution >= 4 is 17.7 Å². The molecule has 0 radical (unpaired) electrons. The van der Waals surface area contributed by atoms with Gasteiger partial charge in [0.25, 0.3) is 0 Å². The highest BCUT2D eigenvalue weighted by Gasteiger charge is 2.08. The molecule has 0 bridgehead atoms. The number of aryl methyl sites for hydroxylation is 1. The fourth-order valence-corrected chi connectivity index (χ4v) is 1.50. The Kier molecular flexibility index (Phi) is 4.70. The van der Waals surface area contributed by atoms with Crippen LogP contribution < -0.4 is 15.4 Å². The molecule has 2 rings (SSSR count). The second-order valence-corrected chi connectivity index (χ2v) is 4.14. The first kappa shape index (κ1) is 14.0. The summed E-state index contributed by atoms with van der Waals surface area (Å²) in [6, 6.07) is 2.14. The molecule has 8 nitrogen and oxygen atoms in total. The lowest BCUT2D eigenvalue weighted by Crippen LogP contribution is -2.09. The van der Waals surface area contributed by atoms with E-state index in [0.29, 0.717) is 30.3 Å². The van der Waals surface area contributed by atoms with E-state index in [2.05, 4.69) is 30.7 Å². The molecule has 2 N–H and O–H groups in total. The van der Waals surface area contributed by atoms with Crippen LogP contribution >= 0.6 is 0 Å². The first-order valence-corrected chi connectivity index (χ1v) is 6.60. The normalized spacial score (nSPS) is 10.3. The number of anilines is 3. The van der Waals surface area contributed by atoms with Gasteiger partial charge in [0.1, 0.15) is 0 Å². The van der Waals surface area contributed by atoms with E-state index in [4.69, 9.17) is 4.74 Å². The number of ether oxygens (including phenoxy) is 1. The Morgan fingerprint density at radius 3 is 2.65 bits per heavy atom. The van der Waals surface area contributed by atoms with Crippen molar-refractivity contribution in [2.45, 2.75) is 20.3 Å². The molecule has 0 saturated heterocycles. The lowest BCUT2D eigenvalue weighted by molar-refractivity contribution is 0.292. The Balaban J connectivity index is 2.18. The SMILES string of the molecule is CCCOc1nc(NCC)nc(Nc2ccn(C)n2)n1. The Morgan fingerprint density at radius 2 is 2.00 bits per heavy atom. The highest BCUT2D eigenvalue weighted by molar-refractivity contribution is 5.48. The van der Waals surface area contributed by atoms with Crippen LogP contribution in [0.15, 0.2) is 12.3 Å². The molecule has 0 amide bonds. The van der Waals surface area contributed by atoms with E-state index < -0.39 is 0 Å². The van der Waals surface area contributed by atoms with E-state index in [9.17, 15) is 0 Å². The van der Waals surface area contributed by atoms with Gasteiger partial charge in [0.2, 0.25) is 11.9 Å². The van der Waals surface area contributed by atoms with Crippen molar-refractivity contribution in [1.29, 1.82) is 0 Å². The third kappa shape index (κ3) is 3.81. The maximum atomic E-state index is 5.46. The highest BCUT2D eigenvalue weighted by Crippen LogP contribution is 2.15. The zero-order chi connectivity index (χ0) is 14.4. The van der Waals surface area contributed by atoms with Crippen molar-refractivity contribution in [3.63, 3.8) is 0 Å². The van der Waals surface area contributed by atoms with E-state index in [0.717, 1.165) is 13.0 Å². The molecule has 0 aliphatic heterocycles. The van der Waals surface area contributed by atoms with Crippen molar-refractivity contribution in [2.75, 3.05) is 23.8 Å². The minimum atomic E-state index is 0.302. The van der Waals surface area contributed by atoms with Crippen molar-refractivity contribution in [2.24, 2.45) is 7.05 Å². The Labute approximate surface area is 117 Å². The summed E-state index contributed by atoms with van der Waals surface area (Å²) >= 11 is 0. The fourth-order valence-electron chi connectivity index (χ4n) is 1.50. The van der Waals surface area contributed by atoms with Crippen LogP contribution in [0.4, 0.5) is 17.7 Å². The zero-order valence-electron chi connectivity index (χ0n) is 11.9. The summed E-state index contributed by atoms with van der Waals surface area (Å²) in [4.78, 5) is 12.7. The standard InChI is InChI=1S/C12H19N7O/c1-4-8-20-12-16-10(13-5-2)15-11(17-12)14-9-6-7-19(3)18-9/h6-7H,4-5,8H2,1-3H3,(H2,13,14,15,16,17,18). The number of nitrogens with zero attached hydrogens (tertiary/aromatic N) is 5. The molecule has 0 fully saturated rings. The molecule has 0 unspecified atom stereocenters. The van der Waals surface area contributed by atoms with Gasteiger partial charge in [0, 0.05) is 25.9 Å². The third-order valence-corrected chi connectivity index (χ3v) is 2.34. The maximum absolute atomic E-state index is 5.46. The average molecular weight is 277 g/mol. The molecule has 0 aromatic carbocycles. The molecular weight excluding hydrogens is 258 g/mol. The summed E-state index contributed by atoms with van der Waals surface area (Å²) in [6.07, 6.45) is 2.73. The van der Waals surface area contributed by atoms with Crippen molar-refractivity contribution < 1.29 is 4.74 Å². The van der Waals surface area contributed by atoms with Gasteiger partial charge in [-0.25, -0.2) is 0 Å². The van der Waals surface area contributed by atoms with E-state index in [-0.39, 0.29) is 0 Å². The molecule has 108 valence electrons. The second kappa shape index (κ2) is 6.69. The van der Waals surface area contributed by atoms with E-state index in [1.807, 2.05) is 33.2 Å². The Bertz CT molecular complexity index is 554. The highest BCUT2D eigenvalue weighted by atomic mass is 16.5. The summed E-state index contributed by atoms with van der Waals surface area (Å²) in [6.45, 7) is 5.29. The number of nitrogens with one attached hydrogen (secondary N) is 2. The van der Waals surface area contributed by atoms with Gasteiger partial charge >= 0.3 is 6.01 Å². The number of hydrogen-bond donors (Lipinski definition) is 2. The van der Waals surface area contributed by atoms with E-state index in [1.54, 1.807) is 4.68 Å². The summed E-state index contributed by atoms with van der Waals surface area (Å²) in [5.41, 5.74) is 0. The van der Waals surface area contributed by atoms with Gasteiger partial charge in [-0.2, -0.15) is 20.1 Å². The molecular formula is C12H19N7O. The molecule has 20 heavy (non-hydrogen) atoms. The van der Waals surface area contributed by atoms with Crippen LogP contribution in [0, 0.1) is 0 Å². The second-order valence-electron chi connectivity index (χ2n) is 4.14. The summed E-state index contributed by atoms with van der Waals surface area (Å²) < 4.78 is 7.16. The Hall–Kier alpha value is -2.38. The van der Waals surface area contributed by atoms with E-state index >= 15 is 0 Å². The molecule has 0 aliphatic rings. The summed E-state index contributed by atoms with van der Waals surface area (Å²) in [5.74, 6) is 1.55. The van der Waals surface area contributed by atoms with Gasteiger partial charge in [0.05, 0.1) is 6.61 Å². The van der Waals surface area contributed by atoms with Gasteiger partial charge in [0.15, 0.2) is 5.82 Å². The first-order valence-electron chi connectivity index (χ1n) is 6.60. The monoisotopic (exact) mass is 277 g/mol. The minimum absolute atomic E-state index is 0.302. The molecule has 8 heteroatoms. The predicted molar refractivity (Wildman–Crippen MR) is 76.3 cm³/mol. The zero-order valence-corrected chi connectivity index (χ0v) is 11.9. The number of aromatic nitrogens is 5. The topological polar surface area (TPSA) is 89.8 Å². The quantitative estimate of drug-likeness (QED) is 0.793. The van der Waals surface area contributed by atoms with Crippen molar-refractivity contribution in [3.8, 4) is 6.01 Å². The van der Waals surface area contributed by atoms with Crippen LogP contribution in [-0.2, 0) is 7.05 Å². The van der Waals surface area contributed by atoms with E-state index in [1.165, 1.54) is 0 Å². The van der Waals surface area contributed by atoms with Crippen molar-refractivity contribution in [3.05, 3.63) is 12.3 Å². The van der Waals surface area contributed by atoms with Crippen molar-refractivity contribution in [1.82, 2.24) is 24.7 Å². The molecule has 2 heterocycles. The minimum Gasteiger partial charge on any atom is -0.463 e. The largest absolute Gasteiger partial charge is 0.463 e. The predicted octanol–water partition coefficient (Wildman–Crippen LogP) is 1.57. The Morgan fingerprint density at radius 1 is 1.20 bits per heavy atom. The van der Waals surface area contributed by atoms with Crippen LogP contribution in [-0.4, -0.2) is 37.9 Å². The smallest absolute Gasteiger partial charge is 0.323 e. The van der Waals surface area contributed by atoms with Crippen LogP contribution in [0.2, 0.25) is 0 Å². The lowest BCUT2D eigenvalue weighted by atomic mass is 10.5. The molecule has 2 aromatic heterocycles. The van der Waals surface area contributed by atoms with Gasteiger partial charge in [-0.15, -0.1) is 0 Å². The average Bonchev–Trinajstić information content (AvgIpc) is 2.82. The molecule has 0 aliphatic carbocycles. The van der Waals surface area contributed by atoms with Gasteiger partial charge < -0.3 is 15.4 Å². The van der Waals surface area contributed by atoms with Crippen LogP contribution in [0.3, 0.4) is 0 Å². The molecule has 0 saturated carbocycles. The molecule has 0 spiro atoms. The summed E-state index contributed by atoms with van der Waals surface area (Å²) in [7, 11) is 1.85. The van der Waals surface area contributed by atoms with Crippen LogP contribution in [0.5, 0.6) is 6.01 Å².